The number of rotatable bonds is 12. The Morgan fingerprint density at radius 2 is 1.43 bits per heavy atom. The van der Waals surface area contributed by atoms with Gasteiger partial charge in [-0.25, -0.2) is 0 Å². The van der Waals surface area contributed by atoms with Crippen LogP contribution in [-0.2, 0) is 30.5 Å². The van der Waals surface area contributed by atoms with Crippen molar-refractivity contribution in [3.8, 4) is 46.0 Å². The summed E-state index contributed by atoms with van der Waals surface area (Å²) in [7, 11) is 11.3. The second kappa shape index (κ2) is 19.6. The van der Waals surface area contributed by atoms with Gasteiger partial charge in [0.15, 0.2) is 34.5 Å². The SMILES string of the molecule is COc1ccc2cc1Oc1ccc(cc1)CC1c3cc(c(OC)cc3CCN1C)Oc1c(OC)c(OC)cc3c1C(C2)[N+](C)(CCCCCCCC(=O)[O-])CC3.Cl.Cl. The van der Waals surface area contributed by atoms with Crippen LogP contribution in [0, 0.1) is 0 Å². The number of benzene rings is 4. The number of unbranched alkanes of at least 4 members (excludes halogenated alkanes) is 4. The molecule has 314 valence electrons. The number of nitrogens with zero attached hydrogens (tertiary/aromatic N) is 2. The van der Waals surface area contributed by atoms with Gasteiger partial charge in [-0.3, -0.25) is 4.90 Å². The summed E-state index contributed by atoms with van der Waals surface area (Å²) < 4.78 is 38.7. The quantitative estimate of drug-likeness (QED) is 0.103. The molecule has 0 aromatic heterocycles. The highest BCUT2D eigenvalue weighted by Gasteiger charge is 2.43. The number of halogens is 2. The first-order valence-corrected chi connectivity index (χ1v) is 20.0. The van der Waals surface area contributed by atoms with E-state index >= 15 is 0 Å². The van der Waals surface area contributed by atoms with E-state index in [0.29, 0.717) is 53.1 Å². The molecule has 0 aliphatic carbocycles. The van der Waals surface area contributed by atoms with Crippen LogP contribution in [0.25, 0.3) is 0 Å². The molecule has 8 rings (SSSR count). The molecule has 4 aliphatic rings. The minimum atomic E-state index is -0.976. The Morgan fingerprint density at radius 3 is 2.14 bits per heavy atom. The largest absolute Gasteiger partial charge is 0.550 e. The van der Waals surface area contributed by atoms with Crippen LogP contribution in [0.4, 0.5) is 0 Å². The first kappa shape index (κ1) is 44.7. The minimum absolute atomic E-state index is 0. The molecule has 3 atom stereocenters. The molecule has 0 spiro atoms. The Balaban J connectivity index is 0.00000320. The van der Waals surface area contributed by atoms with Crippen molar-refractivity contribution in [1.29, 1.82) is 0 Å². The van der Waals surface area contributed by atoms with Gasteiger partial charge in [0.1, 0.15) is 11.8 Å². The molecule has 3 unspecified atom stereocenters. The van der Waals surface area contributed by atoms with Crippen molar-refractivity contribution in [1.82, 2.24) is 4.90 Å². The van der Waals surface area contributed by atoms with Crippen molar-refractivity contribution < 1.29 is 42.8 Å². The monoisotopic (exact) mass is 836 g/mol. The summed E-state index contributed by atoms with van der Waals surface area (Å²) in [5, 5.41) is 11.0. The van der Waals surface area contributed by atoms with Gasteiger partial charge in [0, 0.05) is 31.4 Å². The Bertz CT molecular complexity index is 2040. The topological polar surface area (TPSA) is 98.8 Å². The number of aliphatic carboxylic acids is 1. The first-order valence-electron chi connectivity index (χ1n) is 20.0. The smallest absolute Gasteiger partial charge is 0.204 e. The molecule has 0 saturated carbocycles. The summed E-state index contributed by atoms with van der Waals surface area (Å²) in [5.74, 6) is 4.29. The maximum absolute atomic E-state index is 11.0. The van der Waals surface area contributed by atoms with Crippen LogP contribution in [0.5, 0.6) is 46.0 Å². The zero-order valence-electron chi connectivity index (χ0n) is 34.6. The van der Waals surface area contributed by atoms with Crippen LogP contribution >= 0.6 is 24.8 Å². The summed E-state index contributed by atoms with van der Waals surface area (Å²) in [6.45, 7) is 2.81. The van der Waals surface area contributed by atoms with Crippen LogP contribution in [0.1, 0.15) is 84.0 Å². The van der Waals surface area contributed by atoms with E-state index in [1.165, 1.54) is 22.3 Å². The van der Waals surface area contributed by atoms with Gasteiger partial charge in [0.2, 0.25) is 5.75 Å². The molecule has 6 bridgehead atoms. The van der Waals surface area contributed by atoms with Crippen molar-refractivity contribution in [3.05, 3.63) is 94.0 Å². The molecule has 12 heteroatoms. The number of carboxylic acid groups (broad SMARTS) is 1. The predicted octanol–water partition coefficient (Wildman–Crippen LogP) is 8.61. The van der Waals surface area contributed by atoms with Gasteiger partial charge in [-0.1, -0.05) is 31.0 Å². The lowest BCUT2D eigenvalue weighted by Crippen LogP contribution is -2.52. The third-order valence-corrected chi connectivity index (χ3v) is 12.3. The van der Waals surface area contributed by atoms with Crippen LogP contribution in [0.15, 0.2) is 60.7 Å². The third kappa shape index (κ3) is 9.41. The molecule has 0 fully saturated rings. The molecular formula is C46H58Cl2N2O8. The molecule has 4 aliphatic heterocycles. The number of hydrogen-bond donors (Lipinski definition) is 0. The van der Waals surface area contributed by atoms with Crippen molar-refractivity contribution in [2.24, 2.45) is 0 Å². The molecule has 0 amide bonds. The van der Waals surface area contributed by atoms with E-state index in [9.17, 15) is 9.90 Å². The predicted molar refractivity (Wildman–Crippen MR) is 228 cm³/mol. The lowest BCUT2D eigenvalue weighted by Gasteiger charge is -2.46. The summed E-state index contributed by atoms with van der Waals surface area (Å²) >= 11 is 0. The first-order chi connectivity index (χ1) is 27.1. The van der Waals surface area contributed by atoms with E-state index in [1.54, 1.807) is 28.4 Å². The van der Waals surface area contributed by atoms with Gasteiger partial charge in [-0.15, -0.1) is 24.8 Å². The summed E-state index contributed by atoms with van der Waals surface area (Å²) in [6, 6.07) is 21.2. The van der Waals surface area contributed by atoms with E-state index in [-0.39, 0.29) is 43.3 Å². The standard InChI is InChI=1S/C46H56N2O8.2ClH/c1-47-21-19-32-27-39(52-4)41-29-35(32)36(47)24-30-13-16-34(17-14-30)55-40-26-31(15-18-38(40)51-3)25-37-44-33(28-42(53-5)45(54-6)46(44)56-41)20-23-48(37,2)22-11-9-7-8-10-12-43(49)50;;/h13-18,26-29,36-37H,7-12,19-25H2,1-6H3;2*1H. The summed E-state index contributed by atoms with van der Waals surface area (Å²) in [5.41, 5.74) is 7.09. The van der Waals surface area contributed by atoms with Gasteiger partial charge in [0.25, 0.3) is 0 Å². The second-order valence-corrected chi connectivity index (χ2v) is 15.8. The van der Waals surface area contributed by atoms with Gasteiger partial charge in [-0.05, 0) is 116 Å². The number of fused-ring (bicyclic) bond motifs is 2. The fourth-order valence-corrected chi connectivity index (χ4v) is 9.05. The normalized spacial score (nSPS) is 19.4. The van der Waals surface area contributed by atoms with Crippen LogP contribution in [0.2, 0.25) is 0 Å². The Kier molecular flexibility index (Phi) is 15.1. The molecule has 0 saturated heterocycles. The van der Waals surface area contributed by atoms with Crippen molar-refractivity contribution in [2.75, 3.05) is 62.2 Å². The minimum Gasteiger partial charge on any atom is -0.550 e. The van der Waals surface area contributed by atoms with E-state index < -0.39 is 5.97 Å². The number of hydrogen-bond acceptors (Lipinski definition) is 9. The Morgan fingerprint density at radius 1 is 0.759 bits per heavy atom. The van der Waals surface area contributed by atoms with E-state index in [2.05, 4.69) is 61.5 Å². The second-order valence-electron chi connectivity index (χ2n) is 15.8. The van der Waals surface area contributed by atoms with Crippen LogP contribution < -0.4 is 33.5 Å². The number of likely N-dealkylation sites (N-methyl/N-ethyl adjacent to an activating group) is 2. The fraction of sp³-hybridized carbons (Fsp3) is 0.457. The Labute approximate surface area is 355 Å². The number of carbonyl (C=O) groups is 1. The number of quaternary nitrogens is 1. The van der Waals surface area contributed by atoms with Crippen molar-refractivity contribution >= 4 is 30.8 Å². The van der Waals surface area contributed by atoms with Gasteiger partial charge >= 0.3 is 0 Å². The number of carboxylic acids is 1. The van der Waals surface area contributed by atoms with Crippen molar-refractivity contribution in [2.45, 2.75) is 76.3 Å². The fourth-order valence-electron chi connectivity index (χ4n) is 9.05. The van der Waals surface area contributed by atoms with E-state index in [4.69, 9.17) is 28.4 Å². The van der Waals surface area contributed by atoms with Crippen LogP contribution in [-0.4, -0.2) is 77.5 Å². The molecule has 0 radical (unpaired) electrons. The lowest BCUT2D eigenvalue weighted by atomic mass is 9.85. The lowest BCUT2D eigenvalue weighted by molar-refractivity contribution is -0.941. The van der Waals surface area contributed by atoms with Crippen LogP contribution in [0.3, 0.4) is 0 Å². The summed E-state index contributed by atoms with van der Waals surface area (Å²) in [4.78, 5) is 13.4. The zero-order chi connectivity index (χ0) is 39.4. The molecule has 4 aromatic rings. The highest BCUT2D eigenvalue weighted by atomic mass is 35.5. The maximum Gasteiger partial charge on any atom is 0.204 e. The molecule has 10 nitrogen and oxygen atoms in total. The van der Waals surface area contributed by atoms with Gasteiger partial charge < -0.3 is 42.8 Å². The number of ether oxygens (including phenoxy) is 6. The van der Waals surface area contributed by atoms with E-state index in [1.807, 2.05) is 18.2 Å². The highest BCUT2D eigenvalue weighted by Crippen LogP contribution is 2.53. The highest BCUT2D eigenvalue weighted by molar-refractivity contribution is 5.85. The zero-order valence-corrected chi connectivity index (χ0v) is 36.2. The van der Waals surface area contributed by atoms with Crippen molar-refractivity contribution in [3.63, 3.8) is 0 Å². The molecule has 58 heavy (non-hydrogen) atoms. The third-order valence-electron chi connectivity index (χ3n) is 12.3. The summed E-state index contributed by atoms with van der Waals surface area (Å²) in [6.07, 6.45) is 7.96. The molecular weight excluding hydrogens is 779 g/mol. The molecule has 4 aromatic carbocycles. The van der Waals surface area contributed by atoms with Gasteiger partial charge in [-0.2, -0.15) is 0 Å². The average molecular weight is 838 g/mol. The number of carbonyl (C=O) groups excluding carboxylic acids is 1. The molecule has 0 N–H and O–H groups in total. The Hall–Kier alpha value is -4.35. The van der Waals surface area contributed by atoms with E-state index in [0.717, 1.165) is 85.9 Å². The maximum atomic E-state index is 11.0. The average Bonchev–Trinajstić information content (AvgIpc) is 3.19. The molecule has 4 heterocycles. The number of methoxy groups -OCH3 is 4. The van der Waals surface area contributed by atoms with Gasteiger partial charge in [0.05, 0.1) is 54.1 Å².